The van der Waals surface area contributed by atoms with Crippen LogP contribution < -0.4 is 4.74 Å². The van der Waals surface area contributed by atoms with Crippen LogP contribution in [0, 0.1) is 0 Å². The third-order valence-electron chi connectivity index (χ3n) is 1.78. The van der Waals surface area contributed by atoms with Gasteiger partial charge in [0.05, 0.1) is 12.0 Å². The molecular formula is C10H10O5S. The summed E-state index contributed by atoms with van der Waals surface area (Å²) >= 11 is 0. The maximum atomic E-state index is 11.5. The average Bonchev–Trinajstić information content (AvgIpc) is 2.27. The molecule has 5 nitrogen and oxygen atoms in total. The van der Waals surface area contributed by atoms with Crippen LogP contribution in [0.25, 0.3) is 0 Å². The quantitative estimate of drug-likeness (QED) is 0.799. The highest BCUT2D eigenvalue weighted by Crippen LogP contribution is 2.17. The van der Waals surface area contributed by atoms with Crippen LogP contribution in [0.3, 0.4) is 0 Å². The van der Waals surface area contributed by atoms with Crippen molar-refractivity contribution in [2.24, 2.45) is 0 Å². The minimum atomic E-state index is -3.70. The molecule has 86 valence electrons. The standard InChI is InChI=1S/C10H10O5S/c1-15-8-2-4-9(5-3-8)16(13,14)7-6-10(11)12/h2-7H,1H3,(H,11,12). The molecule has 16 heavy (non-hydrogen) atoms. The van der Waals surface area contributed by atoms with E-state index < -0.39 is 15.8 Å². The Morgan fingerprint density at radius 1 is 1.31 bits per heavy atom. The van der Waals surface area contributed by atoms with E-state index in [1.165, 1.54) is 31.4 Å². The summed E-state index contributed by atoms with van der Waals surface area (Å²) in [6.45, 7) is 0. The molecule has 0 spiro atoms. The van der Waals surface area contributed by atoms with E-state index in [4.69, 9.17) is 9.84 Å². The zero-order valence-corrected chi connectivity index (χ0v) is 9.27. The van der Waals surface area contributed by atoms with Crippen molar-refractivity contribution in [3.63, 3.8) is 0 Å². The van der Waals surface area contributed by atoms with Crippen LogP contribution in [0.2, 0.25) is 0 Å². The second kappa shape index (κ2) is 4.80. The Labute approximate surface area is 92.9 Å². The number of sulfone groups is 1. The number of hydrogen-bond donors (Lipinski definition) is 1. The molecule has 1 aromatic rings. The Morgan fingerprint density at radius 2 is 1.88 bits per heavy atom. The average molecular weight is 242 g/mol. The molecule has 1 N–H and O–H groups in total. The van der Waals surface area contributed by atoms with Gasteiger partial charge in [0.15, 0.2) is 9.84 Å². The molecule has 0 amide bonds. The molecule has 0 aromatic heterocycles. The first-order chi connectivity index (χ1) is 7.45. The second-order valence-corrected chi connectivity index (χ2v) is 4.70. The minimum absolute atomic E-state index is 0.0193. The highest BCUT2D eigenvalue weighted by atomic mass is 32.2. The molecule has 0 aliphatic rings. The molecule has 0 atom stereocenters. The van der Waals surface area contributed by atoms with Crippen LogP contribution in [0.1, 0.15) is 0 Å². The van der Waals surface area contributed by atoms with E-state index in [0.29, 0.717) is 17.2 Å². The summed E-state index contributed by atoms with van der Waals surface area (Å²) in [5.74, 6) is -0.779. The van der Waals surface area contributed by atoms with E-state index in [1.54, 1.807) is 0 Å². The molecule has 0 aliphatic carbocycles. The molecule has 0 aliphatic heterocycles. The SMILES string of the molecule is COc1ccc(S(=O)(=O)C=CC(=O)O)cc1. The molecule has 1 aromatic carbocycles. The van der Waals surface area contributed by atoms with E-state index in [9.17, 15) is 13.2 Å². The molecule has 0 saturated carbocycles. The van der Waals surface area contributed by atoms with E-state index in [1.807, 2.05) is 0 Å². The summed E-state index contributed by atoms with van der Waals surface area (Å²) in [7, 11) is -2.23. The topological polar surface area (TPSA) is 80.7 Å². The Kier molecular flexibility index (Phi) is 3.68. The summed E-state index contributed by atoms with van der Waals surface area (Å²) in [6, 6.07) is 5.67. The first-order valence-electron chi connectivity index (χ1n) is 4.26. The number of benzene rings is 1. The number of carbonyl (C=O) groups is 1. The van der Waals surface area contributed by atoms with Gasteiger partial charge in [-0.25, -0.2) is 13.2 Å². The fraction of sp³-hybridized carbons (Fsp3) is 0.100. The summed E-state index contributed by atoms with van der Waals surface area (Å²) in [5.41, 5.74) is 0. The molecule has 0 unspecified atom stereocenters. The summed E-state index contributed by atoms with van der Waals surface area (Å²) < 4.78 is 28.0. The lowest BCUT2D eigenvalue weighted by molar-refractivity contribution is -0.131. The fourth-order valence-corrected chi connectivity index (χ4v) is 1.96. The van der Waals surface area contributed by atoms with Gasteiger partial charge in [-0.05, 0) is 24.3 Å². The van der Waals surface area contributed by atoms with Crippen LogP contribution in [0.5, 0.6) is 5.75 Å². The van der Waals surface area contributed by atoms with Gasteiger partial charge in [0.1, 0.15) is 5.75 Å². The number of carboxylic acid groups (broad SMARTS) is 1. The van der Waals surface area contributed by atoms with Gasteiger partial charge in [-0.15, -0.1) is 0 Å². The third kappa shape index (κ3) is 3.09. The van der Waals surface area contributed by atoms with Gasteiger partial charge in [0, 0.05) is 11.5 Å². The highest BCUT2D eigenvalue weighted by Gasteiger charge is 2.10. The monoisotopic (exact) mass is 242 g/mol. The lowest BCUT2D eigenvalue weighted by atomic mass is 10.3. The summed E-state index contributed by atoms with van der Waals surface area (Å²) in [6.07, 6.45) is 0.583. The van der Waals surface area contributed by atoms with Crippen molar-refractivity contribution >= 4 is 15.8 Å². The van der Waals surface area contributed by atoms with Gasteiger partial charge in [-0.1, -0.05) is 0 Å². The maximum absolute atomic E-state index is 11.5. The first-order valence-corrected chi connectivity index (χ1v) is 5.80. The normalized spacial score (nSPS) is 11.6. The van der Waals surface area contributed by atoms with Gasteiger partial charge >= 0.3 is 5.97 Å². The van der Waals surface area contributed by atoms with E-state index >= 15 is 0 Å². The van der Waals surface area contributed by atoms with Crippen LogP contribution in [-0.2, 0) is 14.6 Å². The van der Waals surface area contributed by atoms with Crippen molar-refractivity contribution < 1.29 is 23.1 Å². The Balaban J connectivity index is 3.03. The predicted molar refractivity (Wildman–Crippen MR) is 57.0 cm³/mol. The molecule has 0 saturated heterocycles. The largest absolute Gasteiger partial charge is 0.497 e. The van der Waals surface area contributed by atoms with Crippen molar-refractivity contribution in [2.45, 2.75) is 4.90 Å². The zero-order valence-electron chi connectivity index (χ0n) is 8.45. The number of aliphatic carboxylic acids is 1. The number of rotatable bonds is 4. The minimum Gasteiger partial charge on any atom is -0.497 e. The lowest BCUT2D eigenvalue weighted by Gasteiger charge is -2.01. The van der Waals surface area contributed by atoms with Gasteiger partial charge in [0.2, 0.25) is 0 Å². The molecule has 6 heteroatoms. The number of carboxylic acids is 1. The van der Waals surface area contributed by atoms with Crippen molar-refractivity contribution in [1.29, 1.82) is 0 Å². The highest BCUT2D eigenvalue weighted by molar-refractivity contribution is 7.94. The van der Waals surface area contributed by atoms with Crippen LogP contribution in [0.15, 0.2) is 40.6 Å². The zero-order chi connectivity index (χ0) is 12.2. The second-order valence-electron chi connectivity index (χ2n) is 2.86. The first kappa shape index (κ1) is 12.3. The Morgan fingerprint density at radius 3 is 2.31 bits per heavy atom. The number of hydrogen-bond acceptors (Lipinski definition) is 4. The van der Waals surface area contributed by atoms with E-state index in [2.05, 4.69) is 0 Å². The maximum Gasteiger partial charge on any atom is 0.329 e. The molecular weight excluding hydrogens is 232 g/mol. The number of methoxy groups -OCH3 is 1. The van der Waals surface area contributed by atoms with Crippen LogP contribution in [-0.4, -0.2) is 26.6 Å². The molecule has 0 fully saturated rings. The third-order valence-corrected chi connectivity index (χ3v) is 3.20. The Bertz CT molecular complexity index is 499. The van der Waals surface area contributed by atoms with Crippen molar-refractivity contribution in [3.8, 4) is 5.75 Å². The summed E-state index contributed by atoms with van der Waals surface area (Å²) in [5, 5.41) is 8.98. The van der Waals surface area contributed by atoms with Crippen molar-refractivity contribution in [1.82, 2.24) is 0 Å². The van der Waals surface area contributed by atoms with E-state index in [-0.39, 0.29) is 4.90 Å². The summed E-state index contributed by atoms with van der Waals surface area (Å²) in [4.78, 5) is 10.2. The van der Waals surface area contributed by atoms with Gasteiger partial charge in [-0.2, -0.15) is 0 Å². The van der Waals surface area contributed by atoms with Gasteiger partial charge in [-0.3, -0.25) is 0 Å². The number of ether oxygens (including phenoxy) is 1. The molecule has 0 heterocycles. The van der Waals surface area contributed by atoms with Crippen molar-refractivity contribution in [3.05, 3.63) is 35.7 Å². The smallest absolute Gasteiger partial charge is 0.329 e. The molecule has 0 bridgehead atoms. The Hall–Kier alpha value is -1.82. The van der Waals surface area contributed by atoms with Crippen LogP contribution >= 0.6 is 0 Å². The van der Waals surface area contributed by atoms with Crippen molar-refractivity contribution in [2.75, 3.05) is 7.11 Å². The van der Waals surface area contributed by atoms with Gasteiger partial charge in [0.25, 0.3) is 0 Å². The van der Waals surface area contributed by atoms with E-state index in [0.717, 1.165) is 0 Å². The predicted octanol–water partition coefficient (Wildman–Crippen LogP) is 1.07. The van der Waals surface area contributed by atoms with Crippen LogP contribution in [0.4, 0.5) is 0 Å². The fourth-order valence-electron chi connectivity index (χ4n) is 0.992. The van der Waals surface area contributed by atoms with Gasteiger partial charge < -0.3 is 9.84 Å². The lowest BCUT2D eigenvalue weighted by Crippen LogP contribution is -1.98. The molecule has 1 rings (SSSR count). The molecule has 0 radical (unpaired) electrons.